The predicted octanol–water partition coefficient (Wildman–Crippen LogP) is 3.38. The fourth-order valence-electron chi connectivity index (χ4n) is 1.47. The van der Waals surface area contributed by atoms with Crippen LogP contribution in [0.15, 0.2) is 36.4 Å². The first-order valence-corrected chi connectivity index (χ1v) is 6.51. The van der Waals surface area contributed by atoms with Crippen molar-refractivity contribution in [2.75, 3.05) is 11.9 Å². The average molecular weight is 261 g/mol. The zero-order valence-corrected chi connectivity index (χ0v) is 11.2. The van der Waals surface area contributed by atoms with Crippen LogP contribution < -0.4 is 10.1 Å². The minimum atomic E-state index is -0.139. The molecular weight excluding hydrogens is 246 g/mol. The van der Waals surface area contributed by atoms with Gasteiger partial charge in [0.2, 0.25) is 0 Å². The maximum absolute atomic E-state index is 11.7. The fraction of sp³-hybridized carbons (Fsp3) is 0.214. The van der Waals surface area contributed by atoms with Crippen LogP contribution in [0.5, 0.6) is 5.75 Å². The Hall–Kier alpha value is -1.81. The maximum Gasteiger partial charge on any atom is 0.262 e. The molecule has 0 fully saturated rings. The van der Waals surface area contributed by atoms with E-state index in [1.54, 1.807) is 11.3 Å². The van der Waals surface area contributed by atoms with E-state index in [1.807, 2.05) is 50.2 Å². The molecule has 2 rings (SSSR count). The van der Waals surface area contributed by atoms with Gasteiger partial charge in [0.15, 0.2) is 6.61 Å². The van der Waals surface area contributed by atoms with E-state index in [0.29, 0.717) is 5.75 Å². The van der Waals surface area contributed by atoms with Gasteiger partial charge in [-0.2, -0.15) is 0 Å². The second-order valence-electron chi connectivity index (χ2n) is 4.00. The van der Waals surface area contributed by atoms with Gasteiger partial charge >= 0.3 is 0 Å². The van der Waals surface area contributed by atoms with E-state index in [-0.39, 0.29) is 12.5 Å². The molecule has 0 spiro atoms. The molecule has 0 radical (unpaired) electrons. The number of thiophene rings is 1. The molecule has 0 aliphatic heterocycles. The molecule has 0 unspecified atom stereocenters. The van der Waals surface area contributed by atoms with Gasteiger partial charge in [-0.3, -0.25) is 4.79 Å². The molecule has 18 heavy (non-hydrogen) atoms. The zero-order chi connectivity index (χ0) is 13.0. The number of amides is 1. The first-order chi connectivity index (χ1) is 8.65. The molecule has 94 valence electrons. The summed E-state index contributed by atoms with van der Waals surface area (Å²) >= 11 is 1.58. The van der Waals surface area contributed by atoms with Crippen molar-refractivity contribution in [1.82, 2.24) is 0 Å². The SMILES string of the molecule is Cc1cc(NC(=O)COc2ccccc2)sc1C. The molecule has 0 saturated carbocycles. The lowest BCUT2D eigenvalue weighted by Gasteiger charge is -2.05. The first kappa shape index (κ1) is 12.6. The van der Waals surface area contributed by atoms with Crippen molar-refractivity contribution in [3.05, 3.63) is 46.8 Å². The molecule has 0 saturated heterocycles. The Morgan fingerprint density at radius 3 is 2.61 bits per heavy atom. The van der Waals surface area contributed by atoms with Gasteiger partial charge in [-0.25, -0.2) is 0 Å². The van der Waals surface area contributed by atoms with Crippen LogP contribution >= 0.6 is 11.3 Å². The third-order valence-electron chi connectivity index (χ3n) is 2.54. The number of aryl methyl sites for hydroxylation is 2. The molecule has 1 aromatic carbocycles. The highest BCUT2D eigenvalue weighted by atomic mass is 32.1. The van der Waals surface area contributed by atoms with E-state index in [4.69, 9.17) is 4.74 Å². The monoisotopic (exact) mass is 261 g/mol. The molecule has 0 bridgehead atoms. The normalized spacial score (nSPS) is 10.1. The van der Waals surface area contributed by atoms with Gasteiger partial charge < -0.3 is 10.1 Å². The van der Waals surface area contributed by atoms with Crippen molar-refractivity contribution in [2.24, 2.45) is 0 Å². The topological polar surface area (TPSA) is 38.3 Å². The second kappa shape index (κ2) is 5.69. The molecule has 1 aromatic heterocycles. The number of benzene rings is 1. The number of nitrogens with one attached hydrogen (secondary N) is 1. The Morgan fingerprint density at radius 2 is 2.00 bits per heavy atom. The van der Waals surface area contributed by atoms with Crippen LogP contribution in [0, 0.1) is 13.8 Å². The molecule has 1 N–H and O–H groups in total. The molecular formula is C14H15NO2S. The van der Waals surface area contributed by atoms with Gasteiger partial charge in [0, 0.05) is 4.88 Å². The molecule has 3 nitrogen and oxygen atoms in total. The van der Waals surface area contributed by atoms with E-state index in [1.165, 1.54) is 10.4 Å². The summed E-state index contributed by atoms with van der Waals surface area (Å²) in [5.74, 6) is 0.561. The number of anilines is 1. The number of para-hydroxylation sites is 1. The van der Waals surface area contributed by atoms with E-state index < -0.39 is 0 Å². The van der Waals surface area contributed by atoms with Gasteiger partial charge in [-0.1, -0.05) is 18.2 Å². The lowest BCUT2D eigenvalue weighted by molar-refractivity contribution is -0.118. The van der Waals surface area contributed by atoms with Crippen molar-refractivity contribution in [3.63, 3.8) is 0 Å². The number of hydrogen-bond acceptors (Lipinski definition) is 3. The van der Waals surface area contributed by atoms with Crippen molar-refractivity contribution < 1.29 is 9.53 Å². The van der Waals surface area contributed by atoms with E-state index in [2.05, 4.69) is 5.32 Å². The Balaban J connectivity index is 1.86. The summed E-state index contributed by atoms with van der Waals surface area (Å²) in [5.41, 5.74) is 1.19. The molecule has 2 aromatic rings. The smallest absolute Gasteiger partial charge is 0.262 e. The summed E-state index contributed by atoms with van der Waals surface area (Å²) in [4.78, 5) is 12.9. The molecule has 0 aliphatic rings. The van der Waals surface area contributed by atoms with Crippen LogP contribution in [-0.4, -0.2) is 12.5 Å². The summed E-state index contributed by atoms with van der Waals surface area (Å²) in [6.07, 6.45) is 0. The fourth-order valence-corrected chi connectivity index (χ4v) is 2.42. The molecule has 4 heteroatoms. The van der Waals surface area contributed by atoms with Crippen LogP contribution in [0.2, 0.25) is 0 Å². The van der Waals surface area contributed by atoms with Gasteiger partial charge in [-0.15, -0.1) is 11.3 Å². The lowest BCUT2D eigenvalue weighted by Crippen LogP contribution is -2.19. The Kier molecular flexibility index (Phi) is 3.99. The highest BCUT2D eigenvalue weighted by molar-refractivity contribution is 7.16. The van der Waals surface area contributed by atoms with Crippen LogP contribution in [0.1, 0.15) is 10.4 Å². The number of carbonyl (C=O) groups excluding carboxylic acids is 1. The van der Waals surface area contributed by atoms with Crippen LogP contribution in [0.4, 0.5) is 5.00 Å². The van der Waals surface area contributed by atoms with Crippen molar-refractivity contribution in [1.29, 1.82) is 0 Å². The molecule has 1 heterocycles. The largest absolute Gasteiger partial charge is 0.484 e. The number of carbonyl (C=O) groups is 1. The molecule has 0 aliphatic carbocycles. The number of hydrogen-bond donors (Lipinski definition) is 1. The summed E-state index contributed by atoms with van der Waals surface area (Å²) in [6.45, 7) is 4.10. The number of ether oxygens (including phenoxy) is 1. The zero-order valence-electron chi connectivity index (χ0n) is 10.4. The first-order valence-electron chi connectivity index (χ1n) is 5.70. The minimum absolute atomic E-state index is 0.0278. The van der Waals surface area contributed by atoms with Gasteiger partial charge in [0.1, 0.15) is 5.75 Å². The van der Waals surface area contributed by atoms with Crippen molar-refractivity contribution in [2.45, 2.75) is 13.8 Å². The van der Waals surface area contributed by atoms with Gasteiger partial charge in [-0.05, 0) is 37.6 Å². The molecule has 1 amide bonds. The number of rotatable bonds is 4. The Bertz CT molecular complexity index is 514. The quantitative estimate of drug-likeness (QED) is 0.916. The average Bonchev–Trinajstić information content (AvgIpc) is 2.67. The lowest BCUT2D eigenvalue weighted by atomic mass is 10.3. The Labute approximate surface area is 110 Å². The Morgan fingerprint density at radius 1 is 1.28 bits per heavy atom. The van der Waals surface area contributed by atoms with Crippen LogP contribution in [-0.2, 0) is 4.79 Å². The maximum atomic E-state index is 11.7. The molecule has 0 atom stereocenters. The van der Waals surface area contributed by atoms with Gasteiger partial charge in [0.05, 0.1) is 5.00 Å². The third kappa shape index (κ3) is 3.34. The van der Waals surface area contributed by atoms with Crippen LogP contribution in [0.25, 0.3) is 0 Å². The summed E-state index contributed by atoms with van der Waals surface area (Å²) in [7, 11) is 0. The summed E-state index contributed by atoms with van der Waals surface area (Å²) in [6, 6.07) is 11.3. The summed E-state index contributed by atoms with van der Waals surface area (Å²) in [5, 5.41) is 3.70. The highest BCUT2D eigenvalue weighted by Crippen LogP contribution is 2.25. The third-order valence-corrected chi connectivity index (χ3v) is 3.61. The minimum Gasteiger partial charge on any atom is -0.484 e. The highest BCUT2D eigenvalue weighted by Gasteiger charge is 2.06. The van der Waals surface area contributed by atoms with Crippen molar-refractivity contribution in [3.8, 4) is 5.75 Å². The van der Waals surface area contributed by atoms with Crippen molar-refractivity contribution >= 4 is 22.2 Å². The van der Waals surface area contributed by atoms with E-state index in [0.717, 1.165) is 5.00 Å². The van der Waals surface area contributed by atoms with E-state index in [9.17, 15) is 4.79 Å². The van der Waals surface area contributed by atoms with Crippen LogP contribution in [0.3, 0.4) is 0 Å². The second-order valence-corrected chi connectivity index (χ2v) is 5.26. The van der Waals surface area contributed by atoms with E-state index >= 15 is 0 Å². The van der Waals surface area contributed by atoms with Gasteiger partial charge in [0.25, 0.3) is 5.91 Å². The standard InChI is InChI=1S/C14H15NO2S/c1-10-8-14(18-11(10)2)15-13(16)9-17-12-6-4-3-5-7-12/h3-8H,9H2,1-2H3,(H,15,16). The predicted molar refractivity (Wildman–Crippen MR) is 74.4 cm³/mol. The summed E-state index contributed by atoms with van der Waals surface area (Å²) < 4.78 is 5.37.